The van der Waals surface area contributed by atoms with E-state index in [0.29, 0.717) is 18.2 Å². The maximum Gasteiger partial charge on any atom is 0.433 e. The van der Waals surface area contributed by atoms with E-state index in [1.165, 1.54) is 16.5 Å². The maximum absolute atomic E-state index is 13.2. The van der Waals surface area contributed by atoms with Crippen LogP contribution >= 0.6 is 0 Å². The van der Waals surface area contributed by atoms with Gasteiger partial charge in [-0.15, -0.1) is 0 Å². The van der Waals surface area contributed by atoms with Gasteiger partial charge in [0.25, 0.3) is 0 Å². The van der Waals surface area contributed by atoms with E-state index in [4.69, 9.17) is 0 Å². The average molecular weight is 400 g/mol. The van der Waals surface area contributed by atoms with Crippen molar-refractivity contribution in [3.63, 3.8) is 0 Å². The number of hydrogen-bond acceptors (Lipinski definition) is 2. The fourth-order valence-corrected chi connectivity index (χ4v) is 4.25. The third kappa shape index (κ3) is 3.98. The molecule has 1 aliphatic rings. The lowest BCUT2D eigenvalue weighted by molar-refractivity contribution is -0.141. The molecule has 1 atom stereocenters. The van der Waals surface area contributed by atoms with E-state index in [0.717, 1.165) is 38.4 Å². The van der Waals surface area contributed by atoms with E-state index in [9.17, 15) is 13.2 Å². The number of halogens is 3. The Kier molecular flexibility index (Phi) is 5.28. The van der Waals surface area contributed by atoms with Crippen LogP contribution in [0.2, 0.25) is 0 Å². The van der Waals surface area contributed by atoms with Gasteiger partial charge in [-0.3, -0.25) is 0 Å². The van der Waals surface area contributed by atoms with Crippen molar-refractivity contribution in [2.45, 2.75) is 51.7 Å². The predicted molar refractivity (Wildman–Crippen MR) is 109 cm³/mol. The molecule has 1 radical (unpaired) electrons. The summed E-state index contributed by atoms with van der Waals surface area (Å²) in [5.41, 5.74) is 2.45. The first kappa shape index (κ1) is 19.8. The van der Waals surface area contributed by atoms with Crippen molar-refractivity contribution >= 4 is 16.6 Å². The van der Waals surface area contributed by atoms with Crippen LogP contribution in [0, 0.1) is 13.0 Å². The second-order valence-electron chi connectivity index (χ2n) is 7.81. The second-order valence-corrected chi connectivity index (χ2v) is 7.81. The zero-order valence-electron chi connectivity index (χ0n) is 16.8. The number of pyridine rings is 1. The largest absolute Gasteiger partial charge is 0.433 e. The molecule has 29 heavy (non-hydrogen) atoms. The molecule has 0 aliphatic carbocycles. The zero-order valence-corrected chi connectivity index (χ0v) is 16.8. The summed E-state index contributed by atoms with van der Waals surface area (Å²) in [7, 11) is 0. The zero-order chi connectivity index (χ0) is 20.6. The van der Waals surface area contributed by atoms with Gasteiger partial charge in [0.05, 0.1) is 0 Å². The second kappa shape index (κ2) is 7.73. The van der Waals surface area contributed by atoms with Crippen molar-refractivity contribution in [2.75, 3.05) is 18.0 Å². The lowest BCUT2D eigenvalue weighted by Gasteiger charge is -2.20. The molecular weight excluding hydrogens is 375 g/mol. The molecule has 0 bridgehead atoms. The summed E-state index contributed by atoms with van der Waals surface area (Å²) in [4.78, 5) is 5.62. The van der Waals surface area contributed by atoms with Crippen LogP contribution in [0.15, 0.2) is 36.5 Å². The van der Waals surface area contributed by atoms with Gasteiger partial charge in [0.2, 0.25) is 0 Å². The van der Waals surface area contributed by atoms with Gasteiger partial charge < -0.3 is 9.47 Å². The van der Waals surface area contributed by atoms with E-state index < -0.39 is 11.9 Å². The minimum Gasteiger partial charge on any atom is -0.370 e. The number of anilines is 1. The van der Waals surface area contributed by atoms with E-state index in [2.05, 4.69) is 53.0 Å². The Bertz CT molecular complexity index is 1010. The Morgan fingerprint density at radius 3 is 2.79 bits per heavy atom. The quantitative estimate of drug-likeness (QED) is 0.527. The van der Waals surface area contributed by atoms with Crippen molar-refractivity contribution in [1.29, 1.82) is 0 Å². The van der Waals surface area contributed by atoms with Crippen molar-refractivity contribution in [1.82, 2.24) is 9.55 Å². The van der Waals surface area contributed by atoms with E-state index in [1.54, 1.807) is 6.92 Å². The van der Waals surface area contributed by atoms with Crippen LogP contribution in [0.1, 0.15) is 49.1 Å². The first-order chi connectivity index (χ1) is 13.9. The Morgan fingerprint density at radius 2 is 2.03 bits per heavy atom. The molecular formula is C23H25F3N3. The Balaban J connectivity index is 1.62. The van der Waals surface area contributed by atoms with Crippen LogP contribution in [0.4, 0.5) is 18.9 Å². The normalized spacial score (nSPS) is 17.4. The molecule has 1 fully saturated rings. The molecule has 0 amide bonds. The minimum absolute atomic E-state index is 0.273. The summed E-state index contributed by atoms with van der Waals surface area (Å²) < 4.78 is 41.8. The number of hydrogen-bond donors (Lipinski definition) is 0. The highest BCUT2D eigenvalue weighted by Crippen LogP contribution is 2.37. The summed E-state index contributed by atoms with van der Waals surface area (Å²) in [5.74, 6) is 0.291. The van der Waals surface area contributed by atoms with Crippen molar-refractivity contribution in [3.05, 3.63) is 59.5 Å². The summed E-state index contributed by atoms with van der Waals surface area (Å²) in [6.45, 7) is 6.15. The van der Waals surface area contributed by atoms with E-state index in [-0.39, 0.29) is 5.69 Å². The maximum atomic E-state index is 13.2. The van der Waals surface area contributed by atoms with Crippen LogP contribution < -0.4 is 4.90 Å². The number of rotatable bonds is 5. The van der Waals surface area contributed by atoms with Gasteiger partial charge in [-0.1, -0.05) is 31.5 Å². The van der Waals surface area contributed by atoms with E-state index in [1.807, 2.05) is 4.90 Å². The van der Waals surface area contributed by atoms with Crippen molar-refractivity contribution < 1.29 is 13.2 Å². The van der Waals surface area contributed by atoms with Crippen LogP contribution in [0.3, 0.4) is 0 Å². The van der Waals surface area contributed by atoms with Gasteiger partial charge in [-0.2, -0.15) is 13.2 Å². The molecule has 153 valence electrons. The number of aromatic nitrogens is 2. The number of unbranched alkanes of at least 4 members (excludes halogenated alkanes) is 1. The van der Waals surface area contributed by atoms with Crippen LogP contribution in [-0.4, -0.2) is 22.6 Å². The molecule has 1 aliphatic heterocycles. The molecule has 4 rings (SSSR count). The van der Waals surface area contributed by atoms with Gasteiger partial charge >= 0.3 is 6.18 Å². The molecule has 1 aromatic carbocycles. The third-order valence-electron chi connectivity index (χ3n) is 5.70. The fraction of sp³-hybridized carbons (Fsp3) is 0.435. The molecule has 3 heterocycles. The predicted octanol–water partition coefficient (Wildman–Crippen LogP) is 5.96. The topological polar surface area (TPSA) is 21.1 Å². The molecule has 6 heteroatoms. The average Bonchev–Trinajstić information content (AvgIpc) is 3.30. The Morgan fingerprint density at radius 1 is 1.24 bits per heavy atom. The van der Waals surface area contributed by atoms with Gasteiger partial charge in [-0.05, 0) is 37.5 Å². The number of benzene rings is 1. The van der Waals surface area contributed by atoms with Crippen LogP contribution in [-0.2, 0) is 12.7 Å². The number of alkyl halides is 3. The highest BCUT2D eigenvalue weighted by molar-refractivity contribution is 5.84. The van der Waals surface area contributed by atoms with Crippen LogP contribution in [0.25, 0.3) is 10.9 Å². The number of nitrogens with zero attached hydrogens (tertiary/aromatic N) is 3. The lowest BCUT2D eigenvalue weighted by atomic mass is 9.98. The summed E-state index contributed by atoms with van der Waals surface area (Å²) in [6.07, 6.45) is 0.980. The smallest absolute Gasteiger partial charge is 0.370 e. The first-order valence-corrected chi connectivity index (χ1v) is 10.2. The van der Waals surface area contributed by atoms with Gasteiger partial charge in [0.15, 0.2) is 0 Å². The highest BCUT2D eigenvalue weighted by atomic mass is 19.4. The van der Waals surface area contributed by atoms with Gasteiger partial charge in [-0.25, -0.2) is 4.98 Å². The standard InChI is InChI=1S/C23H25F3N3/c1-3-4-10-29-15-20(19-7-5-6-8-21(19)29)17-9-11-28(14-17)18-12-16(2)27-22(13-18)23(24,25)26/h5-8,13,15,17H,3-4,9-11,14H2,1-2H3. The summed E-state index contributed by atoms with van der Waals surface area (Å²) in [6, 6.07) is 12.6. The number of aryl methyl sites for hydroxylation is 2. The molecule has 0 spiro atoms. The Labute approximate surface area is 169 Å². The van der Waals surface area contributed by atoms with Gasteiger partial charge in [0.1, 0.15) is 5.69 Å². The lowest BCUT2D eigenvalue weighted by Crippen LogP contribution is -2.21. The summed E-state index contributed by atoms with van der Waals surface area (Å²) >= 11 is 0. The molecule has 3 nitrogen and oxygen atoms in total. The monoisotopic (exact) mass is 400 g/mol. The Hall–Kier alpha value is -2.50. The van der Waals surface area contributed by atoms with Crippen molar-refractivity contribution in [3.8, 4) is 0 Å². The third-order valence-corrected chi connectivity index (χ3v) is 5.70. The number of fused-ring (bicyclic) bond motifs is 1. The molecule has 1 saturated heterocycles. The fourth-order valence-electron chi connectivity index (χ4n) is 4.25. The molecule has 2 aromatic heterocycles. The minimum atomic E-state index is -4.44. The first-order valence-electron chi connectivity index (χ1n) is 10.2. The van der Waals surface area contributed by atoms with E-state index >= 15 is 0 Å². The highest BCUT2D eigenvalue weighted by Gasteiger charge is 2.34. The summed E-state index contributed by atoms with van der Waals surface area (Å²) in [5, 5.41) is 1.25. The van der Waals surface area contributed by atoms with Crippen molar-refractivity contribution in [2.24, 2.45) is 0 Å². The van der Waals surface area contributed by atoms with Crippen LogP contribution in [0.5, 0.6) is 0 Å². The SMILES string of the molecule is CCCCn1cc(C2CCN(c3[c]c(C)nc(C(F)(F)F)c3)C2)c2ccccc21. The molecule has 0 N–H and O–H groups in total. The van der Waals surface area contributed by atoms with Gasteiger partial charge in [0, 0.05) is 60.1 Å². The molecule has 0 saturated carbocycles. The number of para-hydroxylation sites is 1. The molecule has 1 unspecified atom stereocenters. The molecule has 3 aromatic rings.